The average molecular weight is 389 g/mol. The molecule has 2 aromatic carbocycles. The van der Waals surface area contributed by atoms with E-state index in [1.165, 1.54) is 10.9 Å². The molecule has 0 saturated heterocycles. The van der Waals surface area contributed by atoms with Crippen molar-refractivity contribution in [3.8, 4) is 11.5 Å². The van der Waals surface area contributed by atoms with E-state index in [9.17, 15) is 9.90 Å². The van der Waals surface area contributed by atoms with Gasteiger partial charge >= 0.3 is 0 Å². The molecule has 1 aliphatic rings. The topological polar surface area (TPSA) is 82.8 Å². The summed E-state index contributed by atoms with van der Waals surface area (Å²) in [5.74, 6) is 1.39. The number of hydrogen-bond acceptors (Lipinski definition) is 6. The zero-order valence-corrected chi connectivity index (χ0v) is 15.1. The zero-order chi connectivity index (χ0) is 18.8. The fraction of sp³-hybridized carbons (Fsp3) is 0.263. The summed E-state index contributed by atoms with van der Waals surface area (Å²) in [6.45, 7) is 0.691. The number of fused-ring (bicyclic) bond motifs is 2. The van der Waals surface area contributed by atoms with Crippen LogP contribution in [0.3, 0.4) is 0 Å². The van der Waals surface area contributed by atoms with E-state index in [4.69, 9.17) is 25.8 Å². The Morgan fingerprint density at radius 2 is 2.07 bits per heavy atom. The van der Waals surface area contributed by atoms with Crippen LogP contribution in [-0.2, 0) is 17.9 Å². The van der Waals surface area contributed by atoms with Crippen LogP contribution < -0.4 is 15.0 Å². The fourth-order valence-electron chi connectivity index (χ4n) is 2.88. The summed E-state index contributed by atoms with van der Waals surface area (Å²) < 4.78 is 17.5. The third-order valence-electron chi connectivity index (χ3n) is 4.21. The predicted octanol–water partition coefficient (Wildman–Crippen LogP) is 2.36. The second-order valence-corrected chi connectivity index (χ2v) is 6.66. The molecule has 4 rings (SSSR count). The first-order valence-electron chi connectivity index (χ1n) is 8.39. The van der Waals surface area contributed by atoms with E-state index in [0.717, 1.165) is 5.56 Å². The lowest BCUT2D eigenvalue weighted by Crippen LogP contribution is -2.29. The van der Waals surface area contributed by atoms with Gasteiger partial charge in [-0.1, -0.05) is 17.7 Å². The Hall–Kier alpha value is -2.61. The van der Waals surface area contributed by atoms with Crippen LogP contribution in [0.1, 0.15) is 5.56 Å². The number of rotatable bonds is 6. The van der Waals surface area contributed by atoms with Crippen molar-refractivity contribution in [2.24, 2.45) is 0 Å². The average Bonchev–Trinajstić information content (AvgIpc) is 3.12. The Balaban J connectivity index is 1.37. The lowest BCUT2D eigenvalue weighted by Gasteiger charge is -2.13. The summed E-state index contributed by atoms with van der Waals surface area (Å²) in [7, 11) is 0. The smallest absolute Gasteiger partial charge is 0.261 e. The SMILES string of the molecule is O=c1c2cc(Cl)ccc2ncn1C[C@H](O)COCc1ccc2c(c1)OCO2. The highest BCUT2D eigenvalue weighted by atomic mass is 35.5. The van der Waals surface area contributed by atoms with Gasteiger partial charge in [0.05, 0.1) is 43.1 Å². The molecule has 1 atom stereocenters. The van der Waals surface area contributed by atoms with Gasteiger partial charge in [0.2, 0.25) is 6.79 Å². The van der Waals surface area contributed by atoms with Crippen molar-refractivity contribution in [1.29, 1.82) is 0 Å². The van der Waals surface area contributed by atoms with Crippen LogP contribution in [0.4, 0.5) is 0 Å². The highest BCUT2D eigenvalue weighted by Crippen LogP contribution is 2.32. The van der Waals surface area contributed by atoms with Crippen molar-refractivity contribution < 1.29 is 19.3 Å². The molecule has 7 nitrogen and oxygen atoms in total. The Labute approximate surface area is 159 Å². The third-order valence-corrected chi connectivity index (χ3v) is 4.44. The second-order valence-electron chi connectivity index (χ2n) is 6.22. The van der Waals surface area contributed by atoms with E-state index in [2.05, 4.69) is 4.98 Å². The van der Waals surface area contributed by atoms with Crippen LogP contribution in [0.25, 0.3) is 10.9 Å². The van der Waals surface area contributed by atoms with E-state index in [1.807, 2.05) is 18.2 Å². The van der Waals surface area contributed by atoms with Crippen LogP contribution >= 0.6 is 11.6 Å². The summed E-state index contributed by atoms with van der Waals surface area (Å²) in [6, 6.07) is 10.5. The molecule has 27 heavy (non-hydrogen) atoms. The first kappa shape index (κ1) is 17.8. The van der Waals surface area contributed by atoms with Gasteiger partial charge in [0.1, 0.15) is 0 Å². The number of ether oxygens (including phenoxy) is 3. The largest absolute Gasteiger partial charge is 0.454 e. The second kappa shape index (κ2) is 7.56. The molecule has 0 fully saturated rings. The quantitative estimate of drug-likeness (QED) is 0.698. The molecular weight excluding hydrogens is 372 g/mol. The molecule has 140 valence electrons. The van der Waals surface area contributed by atoms with Gasteiger partial charge in [0.25, 0.3) is 5.56 Å². The Morgan fingerprint density at radius 3 is 2.96 bits per heavy atom. The van der Waals surface area contributed by atoms with Gasteiger partial charge in [-0.15, -0.1) is 0 Å². The molecule has 3 aromatic rings. The number of aliphatic hydroxyl groups is 1. The highest BCUT2D eigenvalue weighted by Gasteiger charge is 2.14. The van der Waals surface area contributed by atoms with Gasteiger partial charge < -0.3 is 19.3 Å². The lowest BCUT2D eigenvalue weighted by molar-refractivity contribution is 0.0198. The van der Waals surface area contributed by atoms with Crippen molar-refractivity contribution in [2.75, 3.05) is 13.4 Å². The van der Waals surface area contributed by atoms with Crippen LogP contribution in [0, 0.1) is 0 Å². The number of benzene rings is 2. The molecule has 0 unspecified atom stereocenters. The molecule has 0 bridgehead atoms. The van der Waals surface area contributed by atoms with Crippen LogP contribution in [0.5, 0.6) is 11.5 Å². The van der Waals surface area contributed by atoms with Crippen LogP contribution in [0.2, 0.25) is 5.02 Å². The molecule has 1 aliphatic heterocycles. The molecule has 8 heteroatoms. The summed E-state index contributed by atoms with van der Waals surface area (Å²) in [4.78, 5) is 16.7. The number of aliphatic hydroxyl groups excluding tert-OH is 1. The number of hydrogen-bond donors (Lipinski definition) is 1. The van der Waals surface area contributed by atoms with Crippen molar-refractivity contribution in [3.05, 3.63) is 63.7 Å². The first-order valence-corrected chi connectivity index (χ1v) is 8.77. The van der Waals surface area contributed by atoms with Gasteiger partial charge in [0, 0.05) is 5.02 Å². The first-order chi connectivity index (χ1) is 13.1. The highest BCUT2D eigenvalue weighted by molar-refractivity contribution is 6.31. The van der Waals surface area contributed by atoms with E-state index in [1.54, 1.807) is 18.2 Å². The molecule has 1 N–H and O–H groups in total. The summed E-state index contributed by atoms with van der Waals surface area (Å²) in [5, 5.41) is 11.1. The van der Waals surface area contributed by atoms with Crippen molar-refractivity contribution in [2.45, 2.75) is 19.3 Å². The predicted molar refractivity (Wildman–Crippen MR) is 99.2 cm³/mol. The molecule has 0 amide bonds. The molecule has 0 saturated carbocycles. The Bertz CT molecular complexity index is 1040. The summed E-state index contributed by atoms with van der Waals surface area (Å²) in [6.07, 6.45) is 0.565. The molecule has 0 aliphatic carbocycles. The minimum Gasteiger partial charge on any atom is -0.454 e. The van der Waals surface area contributed by atoms with Crippen molar-refractivity contribution in [1.82, 2.24) is 9.55 Å². The van der Waals surface area contributed by atoms with Crippen molar-refractivity contribution in [3.63, 3.8) is 0 Å². The minimum atomic E-state index is -0.852. The van der Waals surface area contributed by atoms with E-state index in [-0.39, 0.29) is 25.5 Å². The van der Waals surface area contributed by atoms with Crippen LogP contribution in [-0.4, -0.2) is 34.2 Å². The third kappa shape index (κ3) is 3.90. The molecular formula is C19H17ClN2O5. The molecule has 0 spiro atoms. The maximum absolute atomic E-state index is 12.5. The zero-order valence-electron chi connectivity index (χ0n) is 14.3. The van der Waals surface area contributed by atoms with Crippen molar-refractivity contribution >= 4 is 22.5 Å². The van der Waals surface area contributed by atoms with Gasteiger partial charge in [-0.25, -0.2) is 4.98 Å². The monoisotopic (exact) mass is 388 g/mol. The van der Waals surface area contributed by atoms with Gasteiger partial charge in [-0.2, -0.15) is 0 Å². The molecule has 2 heterocycles. The summed E-state index contributed by atoms with van der Waals surface area (Å²) >= 11 is 5.95. The van der Waals surface area contributed by atoms with Gasteiger partial charge in [-0.3, -0.25) is 9.36 Å². The fourth-order valence-corrected chi connectivity index (χ4v) is 3.06. The van der Waals surface area contributed by atoms with Gasteiger partial charge in [-0.05, 0) is 35.9 Å². The minimum absolute atomic E-state index is 0.0778. The molecule has 0 radical (unpaired) electrons. The van der Waals surface area contributed by atoms with E-state index >= 15 is 0 Å². The molecule has 1 aromatic heterocycles. The Kier molecular flexibility index (Phi) is 4.98. The standard InChI is InChI=1S/C19H17ClN2O5/c20-13-2-3-16-15(6-13)19(24)22(10-21-16)7-14(23)9-25-8-12-1-4-17-18(5-12)27-11-26-17/h1-6,10,14,23H,7-9,11H2/t14-/m0/s1. The van der Waals surface area contributed by atoms with E-state index in [0.29, 0.717) is 34.0 Å². The number of halogens is 1. The lowest BCUT2D eigenvalue weighted by atomic mass is 10.2. The summed E-state index contributed by atoms with van der Waals surface area (Å²) in [5.41, 5.74) is 1.22. The van der Waals surface area contributed by atoms with E-state index < -0.39 is 6.10 Å². The van der Waals surface area contributed by atoms with Gasteiger partial charge in [0.15, 0.2) is 11.5 Å². The Morgan fingerprint density at radius 1 is 1.22 bits per heavy atom. The normalized spacial score (nSPS) is 13.9. The maximum atomic E-state index is 12.5. The number of aromatic nitrogens is 2. The number of nitrogens with zero attached hydrogens (tertiary/aromatic N) is 2. The maximum Gasteiger partial charge on any atom is 0.261 e. The van der Waals surface area contributed by atoms with Crippen LogP contribution in [0.15, 0.2) is 47.5 Å².